The summed E-state index contributed by atoms with van der Waals surface area (Å²) in [6.45, 7) is 6.60. The van der Waals surface area contributed by atoms with Crippen LogP contribution in [0.4, 0.5) is 0 Å². The molecule has 0 radical (unpaired) electrons. The van der Waals surface area contributed by atoms with E-state index in [4.69, 9.17) is 9.97 Å². The fourth-order valence-corrected chi connectivity index (χ4v) is 8.54. The Bertz CT molecular complexity index is 2880. The van der Waals surface area contributed by atoms with Gasteiger partial charge in [0.1, 0.15) is 5.82 Å². The molecule has 0 atom stereocenters. The lowest BCUT2D eigenvalue weighted by Gasteiger charge is -2.15. The van der Waals surface area contributed by atoms with Crippen molar-refractivity contribution in [2.75, 3.05) is 0 Å². The molecule has 0 aliphatic rings. The van der Waals surface area contributed by atoms with Crippen LogP contribution in [0.3, 0.4) is 0 Å². The quantitative estimate of drug-likeness (QED) is 0.187. The molecule has 0 fully saturated rings. The Morgan fingerprint density at radius 2 is 1.16 bits per heavy atom. The van der Waals surface area contributed by atoms with Gasteiger partial charge in [-0.3, -0.25) is 4.57 Å². The van der Waals surface area contributed by atoms with Crippen molar-refractivity contribution in [1.82, 2.24) is 14.5 Å². The number of aromatic nitrogens is 3. The summed E-state index contributed by atoms with van der Waals surface area (Å²) in [5.41, 5.74) is 10.7. The third-order valence-corrected chi connectivity index (χ3v) is 11.2. The average molecular weight is 674 g/mol. The van der Waals surface area contributed by atoms with Gasteiger partial charge in [0.15, 0.2) is 5.82 Å². The third-order valence-electron chi connectivity index (χ3n) is 9.87. The van der Waals surface area contributed by atoms with E-state index in [0.29, 0.717) is 0 Å². The minimum Gasteiger partial charge on any atom is -0.293 e. The van der Waals surface area contributed by atoms with E-state index in [9.17, 15) is 0 Å². The molecule has 0 unspecified atom stereocenters. The largest absolute Gasteiger partial charge is 0.293 e. The van der Waals surface area contributed by atoms with E-state index in [0.717, 1.165) is 39.1 Å². The van der Waals surface area contributed by atoms with Crippen LogP contribution >= 0.6 is 11.3 Å². The van der Waals surface area contributed by atoms with Crippen molar-refractivity contribution in [2.45, 2.75) is 20.8 Å². The molecule has 0 bridgehead atoms. The number of aryl methyl sites for hydroxylation is 3. The average Bonchev–Trinajstić information content (AvgIpc) is 3.71. The summed E-state index contributed by atoms with van der Waals surface area (Å²) in [5, 5.41) is 6.14. The van der Waals surface area contributed by atoms with Gasteiger partial charge < -0.3 is 0 Å². The van der Waals surface area contributed by atoms with Crippen molar-refractivity contribution in [1.29, 1.82) is 0 Å². The first-order valence-corrected chi connectivity index (χ1v) is 18.2. The lowest BCUT2D eigenvalue weighted by molar-refractivity contribution is 1.07. The summed E-state index contributed by atoms with van der Waals surface area (Å²) >= 11 is 1.89. The molecule has 0 amide bonds. The van der Waals surface area contributed by atoms with E-state index >= 15 is 0 Å². The smallest absolute Gasteiger partial charge is 0.162 e. The number of rotatable bonds is 3. The zero-order valence-corrected chi connectivity index (χ0v) is 29.6. The number of nitrogens with zero attached hydrogens (tertiary/aromatic N) is 3. The maximum Gasteiger partial charge on any atom is 0.162 e. The Morgan fingerprint density at radius 3 is 1.92 bits per heavy atom. The van der Waals surface area contributed by atoms with E-state index in [1.54, 1.807) is 0 Å². The van der Waals surface area contributed by atoms with E-state index in [-0.39, 0.29) is 0 Å². The molecule has 4 heteroatoms. The van der Waals surface area contributed by atoms with Crippen molar-refractivity contribution >= 4 is 64.2 Å². The first-order valence-electron chi connectivity index (χ1n) is 17.3. The standard InChI is InChI=1S/C40H27N3S.C7H8/c1-24-22-33-28-14-7-10-18-35(28)43(40-31-16-6-9-17-34(31)41-39(42-40)26-12-4-3-5-13-26)36(33)23-32(24)27-20-21-30-29-15-8-11-19-37(29)44-38(30)25(27)2;1-7-5-3-2-4-6-7/h3-23H,1-2H3;2-6H,1H3. The van der Waals surface area contributed by atoms with Gasteiger partial charge in [-0.15, -0.1) is 11.3 Å². The Balaban J connectivity index is 0.000000448. The molecule has 3 aromatic heterocycles. The highest BCUT2D eigenvalue weighted by atomic mass is 32.1. The fourth-order valence-electron chi connectivity index (χ4n) is 7.34. The lowest BCUT2D eigenvalue weighted by atomic mass is 9.94. The molecule has 0 spiro atoms. The van der Waals surface area contributed by atoms with Gasteiger partial charge in [-0.25, -0.2) is 9.97 Å². The molecule has 3 heterocycles. The predicted octanol–water partition coefficient (Wildman–Crippen LogP) is 13.0. The highest BCUT2D eigenvalue weighted by Gasteiger charge is 2.20. The van der Waals surface area contributed by atoms with Crippen LogP contribution in [0.15, 0.2) is 158 Å². The van der Waals surface area contributed by atoms with Crippen LogP contribution in [0.1, 0.15) is 16.7 Å². The van der Waals surface area contributed by atoms with E-state index in [1.165, 1.54) is 58.8 Å². The summed E-state index contributed by atoms with van der Waals surface area (Å²) in [4.78, 5) is 10.3. The maximum atomic E-state index is 5.27. The highest BCUT2D eigenvalue weighted by molar-refractivity contribution is 7.26. The van der Waals surface area contributed by atoms with Gasteiger partial charge in [-0.05, 0) is 79.4 Å². The summed E-state index contributed by atoms with van der Waals surface area (Å²) in [6.07, 6.45) is 0. The van der Waals surface area contributed by atoms with Crippen LogP contribution < -0.4 is 0 Å². The van der Waals surface area contributed by atoms with Crippen LogP contribution in [0.25, 0.3) is 81.2 Å². The second-order valence-corrected chi connectivity index (χ2v) is 14.2. The van der Waals surface area contributed by atoms with Crippen molar-refractivity contribution in [3.8, 4) is 28.3 Å². The molecule has 10 rings (SSSR count). The van der Waals surface area contributed by atoms with Crippen LogP contribution in [0.2, 0.25) is 0 Å². The molecule has 10 aromatic rings. The Hall–Kier alpha value is -6.10. The SMILES string of the molecule is Cc1cc2c3ccccc3n(-c3nc(-c4ccccc4)nc4ccccc34)c2cc1-c1ccc2c(sc3ccccc32)c1C.Cc1ccccc1. The van der Waals surface area contributed by atoms with Crippen molar-refractivity contribution in [3.63, 3.8) is 0 Å². The zero-order valence-electron chi connectivity index (χ0n) is 28.8. The Labute approximate surface area is 301 Å². The van der Waals surface area contributed by atoms with Gasteiger partial charge in [0, 0.05) is 41.9 Å². The van der Waals surface area contributed by atoms with Gasteiger partial charge >= 0.3 is 0 Å². The molecule has 3 nitrogen and oxygen atoms in total. The Kier molecular flexibility index (Phi) is 7.67. The van der Waals surface area contributed by atoms with Gasteiger partial charge in [-0.1, -0.05) is 127 Å². The molecule has 0 aliphatic carbocycles. The first kappa shape index (κ1) is 30.9. The monoisotopic (exact) mass is 673 g/mol. The molecule has 7 aromatic carbocycles. The van der Waals surface area contributed by atoms with Crippen LogP contribution in [-0.2, 0) is 0 Å². The van der Waals surface area contributed by atoms with E-state index < -0.39 is 0 Å². The minimum absolute atomic E-state index is 0.726. The van der Waals surface area contributed by atoms with E-state index in [2.05, 4.69) is 141 Å². The first-order chi connectivity index (χ1) is 25.0. The van der Waals surface area contributed by atoms with Crippen molar-refractivity contribution in [3.05, 3.63) is 174 Å². The number of hydrogen-bond acceptors (Lipinski definition) is 3. The van der Waals surface area contributed by atoms with Crippen molar-refractivity contribution in [2.24, 2.45) is 0 Å². The lowest BCUT2D eigenvalue weighted by Crippen LogP contribution is -2.03. The summed E-state index contributed by atoms with van der Waals surface area (Å²) in [5.74, 6) is 1.62. The number of thiophene rings is 1. The minimum atomic E-state index is 0.726. The van der Waals surface area contributed by atoms with Crippen LogP contribution in [-0.4, -0.2) is 14.5 Å². The van der Waals surface area contributed by atoms with Gasteiger partial charge in [0.2, 0.25) is 0 Å². The van der Waals surface area contributed by atoms with Gasteiger partial charge in [0.25, 0.3) is 0 Å². The number of benzene rings is 7. The highest BCUT2D eigenvalue weighted by Crippen LogP contribution is 2.42. The molecular formula is C47H35N3S. The molecule has 0 saturated heterocycles. The van der Waals surface area contributed by atoms with E-state index in [1.807, 2.05) is 53.8 Å². The Morgan fingerprint density at radius 1 is 0.490 bits per heavy atom. The summed E-state index contributed by atoms with van der Waals surface area (Å²) < 4.78 is 5.04. The summed E-state index contributed by atoms with van der Waals surface area (Å²) in [6, 6.07) is 55.6. The maximum absolute atomic E-state index is 5.27. The predicted molar refractivity (Wildman–Crippen MR) is 218 cm³/mol. The van der Waals surface area contributed by atoms with Crippen LogP contribution in [0.5, 0.6) is 0 Å². The molecule has 0 aliphatic heterocycles. The number of hydrogen-bond donors (Lipinski definition) is 0. The normalized spacial score (nSPS) is 11.4. The third kappa shape index (κ3) is 5.36. The molecular weight excluding hydrogens is 639 g/mol. The number of fused-ring (bicyclic) bond motifs is 7. The summed E-state index contributed by atoms with van der Waals surface area (Å²) in [7, 11) is 0. The zero-order chi connectivity index (χ0) is 34.5. The van der Waals surface area contributed by atoms with Crippen molar-refractivity contribution < 1.29 is 0 Å². The van der Waals surface area contributed by atoms with Crippen LogP contribution in [0, 0.1) is 20.8 Å². The molecule has 0 saturated carbocycles. The fraction of sp³-hybridized carbons (Fsp3) is 0.0638. The molecule has 0 N–H and O–H groups in total. The second kappa shape index (κ2) is 12.7. The topological polar surface area (TPSA) is 30.7 Å². The van der Waals surface area contributed by atoms with Gasteiger partial charge in [0.05, 0.1) is 16.6 Å². The van der Waals surface area contributed by atoms with Gasteiger partial charge in [-0.2, -0.15) is 0 Å². The number of para-hydroxylation sites is 2. The molecule has 51 heavy (non-hydrogen) atoms. The second-order valence-electron chi connectivity index (χ2n) is 13.2. The molecule has 244 valence electrons.